The molecule has 3 aromatic rings. The highest BCUT2D eigenvalue weighted by Gasteiger charge is 2.10. The minimum absolute atomic E-state index is 0.531. The SMILES string of the molecule is COc1ccc(OCCSc2n[nH]c(-c3ccc(Cl)cc3Cl)n2)cc1. The highest BCUT2D eigenvalue weighted by atomic mass is 35.5. The third-order valence-corrected chi connectivity index (χ3v) is 4.65. The third-order valence-electron chi connectivity index (χ3n) is 3.29. The number of aromatic amines is 1. The maximum Gasteiger partial charge on any atom is 0.208 e. The number of nitrogens with one attached hydrogen (secondary N) is 1. The highest BCUT2D eigenvalue weighted by Crippen LogP contribution is 2.29. The van der Waals surface area contributed by atoms with Gasteiger partial charge in [0.05, 0.1) is 18.7 Å². The molecule has 2 aromatic carbocycles. The van der Waals surface area contributed by atoms with Gasteiger partial charge in [-0.1, -0.05) is 35.0 Å². The summed E-state index contributed by atoms with van der Waals surface area (Å²) in [5.41, 5.74) is 0.764. The van der Waals surface area contributed by atoms with Crippen LogP contribution in [0.1, 0.15) is 0 Å². The fraction of sp³-hybridized carbons (Fsp3) is 0.176. The standard InChI is InChI=1S/C17H15Cl2N3O2S/c1-23-12-3-5-13(6-4-12)24-8-9-25-17-20-16(21-22-17)14-7-2-11(18)10-15(14)19/h2-7,10H,8-9H2,1H3,(H,20,21,22). The number of methoxy groups -OCH3 is 1. The molecule has 0 saturated carbocycles. The molecule has 5 nitrogen and oxygen atoms in total. The van der Waals surface area contributed by atoms with Crippen LogP contribution >= 0.6 is 35.0 Å². The number of ether oxygens (including phenoxy) is 2. The lowest BCUT2D eigenvalue weighted by atomic mass is 10.2. The van der Waals surface area contributed by atoms with Crippen LogP contribution in [0.2, 0.25) is 10.0 Å². The van der Waals surface area contributed by atoms with Crippen molar-refractivity contribution in [3.8, 4) is 22.9 Å². The number of halogens is 2. The molecule has 0 saturated heterocycles. The van der Waals surface area contributed by atoms with Crippen LogP contribution in [0.4, 0.5) is 0 Å². The van der Waals surface area contributed by atoms with E-state index in [1.165, 1.54) is 11.8 Å². The Kier molecular flexibility index (Phi) is 6.07. The van der Waals surface area contributed by atoms with Gasteiger partial charge in [-0.05, 0) is 42.5 Å². The Bertz CT molecular complexity index is 840. The van der Waals surface area contributed by atoms with E-state index in [2.05, 4.69) is 15.2 Å². The van der Waals surface area contributed by atoms with Crippen LogP contribution in [0, 0.1) is 0 Å². The fourth-order valence-electron chi connectivity index (χ4n) is 2.08. The van der Waals surface area contributed by atoms with Gasteiger partial charge in [0.2, 0.25) is 5.16 Å². The number of nitrogens with zero attached hydrogens (tertiary/aromatic N) is 2. The summed E-state index contributed by atoms with van der Waals surface area (Å²) >= 11 is 13.6. The van der Waals surface area contributed by atoms with E-state index >= 15 is 0 Å². The summed E-state index contributed by atoms with van der Waals surface area (Å²) in [4.78, 5) is 4.43. The van der Waals surface area contributed by atoms with Gasteiger partial charge in [0.1, 0.15) is 11.5 Å². The Labute approximate surface area is 159 Å². The molecule has 0 amide bonds. The van der Waals surface area contributed by atoms with Crippen molar-refractivity contribution in [3.63, 3.8) is 0 Å². The molecule has 130 valence electrons. The van der Waals surface area contributed by atoms with Crippen molar-refractivity contribution in [2.24, 2.45) is 0 Å². The zero-order chi connectivity index (χ0) is 17.6. The van der Waals surface area contributed by atoms with Gasteiger partial charge in [-0.3, -0.25) is 5.10 Å². The molecule has 1 N–H and O–H groups in total. The number of thioether (sulfide) groups is 1. The van der Waals surface area contributed by atoms with Crippen molar-refractivity contribution in [1.29, 1.82) is 0 Å². The predicted octanol–water partition coefficient (Wildman–Crippen LogP) is 4.96. The lowest BCUT2D eigenvalue weighted by molar-refractivity contribution is 0.342. The topological polar surface area (TPSA) is 60.0 Å². The zero-order valence-electron chi connectivity index (χ0n) is 13.3. The van der Waals surface area contributed by atoms with Gasteiger partial charge in [-0.2, -0.15) is 0 Å². The molecule has 0 aliphatic heterocycles. The van der Waals surface area contributed by atoms with Crippen molar-refractivity contribution >= 4 is 35.0 Å². The maximum absolute atomic E-state index is 6.18. The number of hydrogen-bond donors (Lipinski definition) is 1. The Hall–Kier alpha value is -1.89. The predicted molar refractivity (Wildman–Crippen MR) is 101 cm³/mol. The fourth-order valence-corrected chi connectivity index (χ4v) is 3.19. The van der Waals surface area contributed by atoms with Crippen LogP contribution < -0.4 is 9.47 Å². The Balaban J connectivity index is 1.51. The van der Waals surface area contributed by atoms with Crippen LogP contribution in [0.25, 0.3) is 11.4 Å². The molecular formula is C17H15Cl2N3O2S. The lowest BCUT2D eigenvalue weighted by Gasteiger charge is -2.05. The van der Waals surface area contributed by atoms with Crippen LogP contribution in [0.5, 0.6) is 11.5 Å². The minimum atomic E-state index is 0.531. The molecule has 0 aliphatic rings. The molecule has 0 bridgehead atoms. The smallest absolute Gasteiger partial charge is 0.208 e. The molecule has 0 aliphatic carbocycles. The summed E-state index contributed by atoms with van der Waals surface area (Å²) < 4.78 is 10.8. The van der Waals surface area contributed by atoms with Gasteiger partial charge in [0.25, 0.3) is 0 Å². The van der Waals surface area contributed by atoms with Gasteiger partial charge >= 0.3 is 0 Å². The van der Waals surface area contributed by atoms with Crippen molar-refractivity contribution in [2.75, 3.05) is 19.5 Å². The highest BCUT2D eigenvalue weighted by molar-refractivity contribution is 7.99. The van der Waals surface area contributed by atoms with Crippen LogP contribution in [0.15, 0.2) is 47.6 Å². The first-order valence-corrected chi connectivity index (χ1v) is 9.17. The maximum atomic E-state index is 6.18. The minimum Gasteiger partial charge on any atom is -0.497 e. The third kappa shape index (κ3) is 4.81. The summed E-state index contributed by atoms with van der Waals surface area (Å²) in [6.45, 7) is 0.544. The molecule has 1 heterocycles. The molecule has 0 atom stereocenters. The summed E-state index contributed by atoms with van der Waals surface area (Å²) in [6.07, 6.45) is 0. The molecule has 1 aromatic heterocycles. The number of aromatic nitrogens is 3. The molecule has 0 radical (unpaired) electrons. The molecule has 0 unspecified atom stereocenters. The van der Waals surface area contributed by atoms with Crippen molar-refractivity contribution < 1.29 is 9.47 Å². The second-order valence-corrected chi connectivity index (χ2v) is 6.87. The first-order chi connectivity index (χ1) is 12.2. The number of hydrogen-bond acceptors (Lipinski definition) is 5. The molecule has 3 rings (SSSR count). The Morgan fingerprint density at radius 1 is 1.08 bits per heavy atom. The van der Waals surface area contributed by atoms with Crippen molar-refractivity contribution in [1.82, 2.24) is 15.2 Å². The Morgan fingerprint density at radius 2 is 1.84 bits per heavy atom. The lowest BCUT2D eigenvalue weighted by Crippen LogP contribution is -2.00. The first kappa shape index (κ1) is 17.9. The van der Waals surface area contributed by atoms with Crippen molar-refractivity contribution in [2.45, 2.75) is 5.16 Å². The van der Waals surface area contributed by atoms with E-state index in [4.69, 9.17) is 32.7 Å². The summed E-state index contributed by atoms with van der Waals surface area (Å²) in [5, 5.41) is 8.83. The second-order valence-electron chi connectivity index (χ2n) is 4.96. The van der Waals surface area contributed by atoms with Gasteiger partial charge in [0, 0.05) is 16.3 Å². The second kappa shape index (κ2) is 8.47. The number of rotatable bonds is 7. The van der Waals surface area contributed by atoms with Crippen LogP contribution in [0.3, 0.4) is 0 Å². The number of H-pyrrole nitrogens is 1. The average molecular weight is 396 g/mol. The van der Waals surface area contributed by atoms with Crippen molar-refractivity contribution in [3.05, 3.63) is 52.5 Å². The van der Waals surface area contributed by atoms with E-state index < -0.39 is 0 Å². The first-order valence-electron chi connectivity index (χ1n) is 7.43. The monoisotopic (exact) mass is 395 g/mol. The van der Waals surface area contributed by atoms with Crippen LogP contribution in [-0.2, 0) is 0 Å². The van der Waals surface area contributed by atoms with Gasteiger partial charge in [-0.15, -0.1) is 5.10 Å². The summed E-state index contributed by atoms with van der Waals surface area (Å²) in [6, 6.07) is 12.7. The van der Waals surface area contributed by atoms with E-state index in [1.807, 2.05) is 30.3 Å². The normalized spacial score (nSPS) is 10.7. The van der Waals surface area contributed by atoms with E-state index in [9.17, 15) is 0 Å². The van der Waals surface area contributed by atoms with E-state index in [1.54, 1.807) is 19.2 Å². The molecule has 0 fully saturated rings. The quantitative estimate of drug-likeness (QED) is 0.452. The molecule has 8 heteroatoms. The average Bonchev–Trinajstić information content (AvgIpc) is 3.08. The van der Waals surface area contributed by atoms with Gasteiger partial charge in [-0.25, -0.2) is 4.98 Å². The summed E-state index contributed by atoms with van der Waals surface area (Å²) in [7, 11) is 1.63. The molecule has 25 heavy (non-hydrogen) atoms. The van der Waals surface area contributed by atoms with E-state index in [-0.39, 0.29) is 0 Å². The zero-order valence-corrected chi connectivity index (χ0v) is 15.7. The summed E-state index contributed by atoms with van der Waals surface area (Å²) in [5.74, 6) is 2.93. The van der Waals surface area contributed by atoms with Crippen LogP contribution in [-0.4, -0.2) is 34.7 Å². The largest absolute Gasteiger partial charge is 0.497 e. The van der Waals surface area contributed by atoms with E-state index in [0.717, 1.165) is 22.8 Å². The Morgan fingerprint density at radius 3 is 2.56 bits per heavy atom. The molecule has 0 spiro atoms. The molecular weight excluding hydrogens is 381 g/mol. The van der Waals surface area contributed by atoms with E-state index in [0.29, 0.717) is 27.6 Å². The van der Waals surface area contributed by atoms with Gasteiger partial charge < -0.3 is 9.47 Å². The number of benzene rings is 2. The van der Waals surface area contributed by atoms with Gasteiger partial charge in [0.15, 0.2) is 5.82 Å².